The third kappa shape index (κ3) is 6.10. The van der Waals surface area contributed by atoms with Gasteiger partial charge in [-0.3, -0.25) is 9.59 Å². The number of amides is 1. The zero-order chi connectivity index (χ0) is 23.8. The molecule has 0 unspecified atom stereocenters. The van der Waals surface area contributed by atoms with Crippen LogP contribution in [0.15, 0.2) is 47.4 Å². The minimum absolute atomic E-state index is 0.00897. The van der Waals surface area contributed by atoms with Crippen LogP contribution in [0.1, 0.15) is 28.8 Å². The quantitative estimate of drug-likeness (QED) is 0.522. The van der Waals surface area contributed by atoms with Crippen molar-refractivity contribution in [1.82, 2.24) is 9.62 Å². The third-order valence-corrected chi connectivity index (χ3v) is 7.32. The summed E-state index contributed by atoms with van der Waals surface area (Å²) in [6.45, 7) is 1.34. The number of carbonyl (C=O) groups is 2. The molecule has 1 fully saturated rings. The predicted molar refractivity (Wildman–Crippen MR) is 121 cm³/mol. The van der Waals surface area contributed by atoms with Gasteiger partial charge in [0.25, 0.3) is 0 Å². The molecule has 0 bridgehead atoms. The molecule has 0 atom stereocenters. The van der Waals surface area contributed by atoms with Gasteiger partial charge in [0.15, 0.2) is 17.3 Å². The van der Waals surface area contributed by atoms with Gasteiger partial charge < -0.3 is 19.5 Å². The van der Waals surface area contributed by atoms with Crippen molar-refractivity contribution in [3.63, 3.8) is 0 Å². The first-order valence-electron chi connectivity index (χ1n) is 10.5. The molecule has 178 valence electrons. The minimum atomic E-state index is -3.69. The van der Waals surface area contributed by atoms with Gasteiger partial charge in [0.1, 0.15) is 0 Å². The topological polar surface area (TPSA) is 111 Å². The van der Waals surface area contributed by atoms with Gasteiger partial charge in [0.05, 0.1) is 32.3 Å². The minimum Gasteiger partial charge on any atom is -0.493 e. The second-order valence-corrected chi connectivity index (χ2v) is 9.30. The molecule has 1 amide bonds. The molecule has 33 heavy (non-hydrogen) atoms. The summed E-state index contributed by atoms with van der Waals surface area (Å²) in [6.07, 6.45) is -0.0133. The van der Waals surface area contributed by atoms with Crippen LogP contribution in [0.4, 0.5) is 0 Å². The maximum absolute atomic E-state index is 13.0. The molecule has 1 heterocycles. The highest BCUT2D eigenvalue weighted by Crippen LogP contribution is 2.28. The lowest BCUT2D eigenvalue weighted by Crippen LogP contribution is -2.41. The number of hydrogen-bond donors (Lipinski definition) is 1. The van der Waals surface area contributed by atoms with E-state index in [-0.39, 0.29) is 36.0 Å². The number of ketones is 1. The number of ether oxygens (including phenoxy) is 3. The van der Waals surface area contributed by atoms with E-state index in [4.69, 9.17) is 14.2 Å². The molecule has 0 radical (unpaired) electrons. The normalized spacial score (nSPS) is 14.5. The number of sulfonamides is 1. The van der Waals surface area contributed by atoms with E-state index in [1.807, 2.05) is 0 Å². The van der Waals surface area contributed by atoms with Gasteiger partial charge in [0, 0.05) is 38.0 Å². The third-order valence-electron chi connectivity index (χ3n) is 5.32. The lowest BCUT2D eigenvalue weighted by Gasteiger charge is -2.27. The van der Waals surface area contributed by atoms with Crippen LogP contribution in [0.2, 0.25) is 0 Å². The number of hydrogen-bond acceptors (Lipinski definition) is 7. The zero-order valence-corrected chi connectivity index (χ0v) is 19.5. The van der Waals surface area contributed by atoms with Crippen LogP contribution < -0.4 is 14.8 Å². The lowest BCUT2D eigenvalue weighted by molar-refractivity contribution is -0.121. The van der Waals surface area contributed by atoms with Crippen LogP contribution in [-0.2, 0) is 26.1 Å². The molecular weight excluding hydrogens is 448 g/mol. The highest BCUT2D eigenvalue weighted by molar-refractivity contribution is 7.89. The van der Waals surface area contributed by atoms with E-state index in [0.29, 0.717) is 48.9 Å². The summed E-state index contributed by atoms with van der Waals surface area (Å²) in [5, 5.41) is 2.72. The number of benzene rings is 2. The van der Waals surface area contributed by atoms with Crippen LogP contribution in [0, 0.1) is 0 Å². The van der Waals surface area contributed by atoms with Crippen molar-refractivity contribution in [1.29, 1.82) is 0 Å². The van der Waals surface area contributed by atoms with Crippen LogP contribution in [0.3, 0.4) is 0 Å². The summed E-state index contributed by atoms with van der Waals surface area (Å²) in [7, 11) is -0.698. The fourth-order valence-electron chi connectivity index (χ4n) is 3.49. The maximum atomic E-state index is 13.0. The molecule has 10 heteroatoms. The van der Waals surface area contributed by atoms with Gasteiger partial charge in [-0.25, -0.2) is 8.42 Å². The van der Waals surface area contributed by atoms with E-state index in [0.717, 1.165) is 0 Å². The van der Waals surface area contributed by atoms with Gasteiger partial charge in [-0.15, -0.1) is 0 Å². The lowest BCUT2D eigenvalue weighted by atomic mass is 10.1. The molecule has 0 aromatic heterocycles. The number of rotatable bonds is 10. The molecule has 1 N–H and O–H groups in total. The summed E-state index contributed by atoms with van der Waals surface area (Å²) >= 11 is 0. The van der Waals surface area contributed by atoms with E-state index in [9.17, 15) is 18.0 Å². The van der Waals surface area contributed by atoms with Crippen molar-refractivity contribution in [2.75, 3.05) is 40.5 Å². The van der Waals surface area contributed by atoms with E-state index in [1.165, 1.54) is 24.6 Å². The molecule has 0 saturated carbocycles. The van der Waals surface area contributed by atoms with E-state index in [2.05, 4.69) is 5.32 Å². The molecule has 1 aliphatic rings. The fourth-order valence-corrected chi connectivity index (χ4v) is 5.12. The predicted octanol–water partition coefficient (Wildman–Crippen LogP) is 2.00. The van der Waals surface area contributed by atoms with Gasteiger partial charge in [-0.2, -0.15) is 4.31 Å². The number of Topliss-reactive ketones (excluding diaryl/α,β-unsaturated/α-hetero) is 1. The Morgan fingerprint density at radius 3 is 2.39 bits per heavy atom. The molecule has 0 aliphatic carbocycles. The summed E-state index contributed by atoms with van der Waals surface area (Å²) in [4.78, 5) is 25.0. The first kappa shape index (κ1) is 24.7. The van der Waals surface area contributed by atoms with Gasteiger partial charge in [-0.1, -0.05) is 18.2 Å². The van der Waals surface area contributed by atoms with Gasteiger partial charge in [0.2, 0.25) is 15.9 Å². The van der Waals surface area contributed by atoms with Crippen LogP contribution in [0.25, 0.3) is 0 Å². The molecule has 1 saturated heterocycles. The van der Waals surface area contributed by atoms with Gasteiger partial charge in [-0.05, 0) is 29.8 Å². The van der Waals surface area contributed by atoms with E-state index < -0.39 is 10.0 Å². The van der Waals surface area contributed by atoms with Crippen molar-refractivity contribution in [2.45, 2.75) is 24.3 Å². The van der Waals surface area contributed by atoms with Crippen LogP contribution in [0.5, 0.6) is 11.5 Å². The van der Waals surface area contributed by atoms with Crippen molar-refractivity contribution < 1.29 is 32.2 Å². The number of nitrogens with one attached hydrogen (secondary N) is 1. The largest absolute Gasteiger partial charge is 0.493 e. The molecule has 0 spiro atoms. The second kappa shape index (κ2) is 11.3. The Balaban J connectivity index is 1.59. The summed E-state index contributed by atoms with van der Waals surface area (Å²) in [5.41, 5.74) is 0.908. The highest BCUT2D eigenvalue weighted by Gasteiger charge is 2.28. The Morgan fingerprint density at radius 2 is 1.70 bits per heavy atom. The van der Waals surface area contributed by atoms with Crippen LogP contribution in [-0.4, -0.2) is 64.9 Å². The smallest absolute Gasteiger partial charge is 0.243 e. The average molecular weight is 477 g/mol. The number of carbonyl (C=O) groups excluding carboxylic acids is 2. The first-order valence-corrected chi connectivity index (χ1v) is 12.0. The fraction of sp³-hybridized carbons (Fsp3) is 0.391. The molecule has 2 aromatic rings. The molecule has 9 nitrogen and oxygen atoms in total. The molecule has 3 rings (SSSR count). The maximum Gasteiger partial charge on any atom is 0.243 e. The van der Waals surface area contributed by atoms with E-state index in [1.54, 1.807) is 36.4 Å². The molecular formula is C23H28N2O7S. The monoisotopic (exact) mass is 476 g/mol. The standard InChI is InChI=1S/C23H28N2O7S/c1-30-20-9-7-17(15-21(20)31-2)19(26)8-10-23(27)24-16-18-5-3-4-6-22(18)33(28,29)25-11-13-32-14-12-25/h3-7,9,15H,8,10-14,16H2,1-2H3,(H,24,27). The first-order chi connectivity index (χ1) is 15.9. The SMILES string of the molecule is COc1ccc(C(=O)CCC(=O)NCc2ccccc2S(=O)(=O)N2CCOCC2)cc1OC. The Labute approximate surface area is 193 Å². The summed E-state index contributed by atoms with van der Waals surface area (Å²) in [6, 6.07) is 11.4. The second-order valence-electron chi connectivity index (χ2n) is 7.39. The zero-order valence-electron chi connectivity index (χ0n) is 18.7. The van der Waals surface area contributed by atoms with Gasteiger partial charge >= 0.3 is 0 Å². The Bertz CT molecular complexity index is 1100. The number of nitrogens with zero attached hydrogens (tertiary/aromatic N) is 1. The molecule has 2 aromatic carbocycles. The van der Waals surface area contributed by atoms with Crippen molar-refractivity contribution in [3.05, 3.63) is 53.6 Å². The Kier molecular flexibility index (Phi) is 8.43. The van der Waals surface area contributed by atoms with Crippen LogP contribution >= 0.6 is 0 Å². The summed E-state index contributed by atoms with van der Waals surface area (Å²) < 4.78 is 43.0. The molecule has 1 aliphatic heterocycles. The Hall–Kier alpha value is -2.95. The summed E-state index contributed by atoms with van der Waals surface area (Å²) in [5.74, 6) is 0.396. The van der Waals surface area contributed by atoms with E-state index >= 15 is 0 Å². The Morgan fingerprint density at radius 1 is 1.00 bits per heavy atom. The van der Waals surface area contributed by atoms with Crippen molar-refractivity contribution in [3.8, 4) is 11.5 Å². The highest BCUT2D eigenvalue weighted by atomic mass is 32.2. The average Bonchev–Trinajstić information content (AvgIpc) is 2.86. The number of morpholine rings is 1. The van der Waals surface area contributed by atoms with Crippen molar-refractivity contribution in [2.24, 2.45) is 0 Å². The number of methoxy groups -OCH3 is 2. The van der Waals surface area contributed by atoms with Crippen molar-refractivity contribution >= 4 is 21.7 Å².